The summed E-state index contributed by atoms with van der Waals surface area (Å²) in [5.74, 6) is 1.07. The van der Waals surface area contributed by atoms with Crippen LogP contribution in [0.4, 0.5) is 0 Å². The maximum atomic E-state index is 10.2. The van der Waals surface area contributed by atoms with Crippen molar-refractivity contribution in [1.82, 2.24) is 14.5 Å². The molecule has 2 aromatic carbocycles. The molecule has 0 aliphatic heterocycles. The second kappa shape index (κ2) is 6.70. The Bertz CT molecular complexity index is 1360. The highest BCUT2D eigenvalue weighted by atomic mass is 16.3. The predicted molar refractivity (Wildman–Crippen MR) is 122 cm³/mol. The third-order valence-corrected chi connectivity index (χ3v) is 5.61. The number of nitrogens with zero attached hydrogens (tertiary/aromatic N) is 3. The van der Waals surface area contributed by atoms with Gasteiger partial charge in [0.2, 0.25) is 0 Å². The van der Waals surface area contributed by atoms with E-state index in [1.807, 2.05) is 36.5 Å². The van der Waals surface area contributed by atoms with E-state index >= 15 is 0 Å². The summed E-state index contributed by atoms with van der Waals surface area (Å²) >= 11 is 0. The van der Waals surface area contributed by atoms with E-state index in [9.17, 15) is 5.11 Å². The summed E-state index contributed by atoms with van der Waals surface area (Å²) in [7, 11) is 0. The summed E-state index contributed by atoms with van der Waals surface area (Å²) < 4.78 is 2.12. The lowest BCUT2D eigenvalue weighted by Gasteiger charge is -2.19. The van der Waals surface area contributed by atoms with Crippen LogP contribution in [-0.2, 0) is 5.41 Å². The Kier molecular flexibility index (Phi) is 4.10. The minimum Gasteiger partial charge on any atom is -0.508 e. The molecule has 0 amide bonds. The second-order valence-corrected chi connectivity index (χ2v) is 8.66. The molecule has 3 aromatic heterocycles. The fraction of sp³-hybridized carbons (Fsp3) is 0.154. The number of phenols is 1. The maximum absolute atomic E-state index is 10.2. The number of aromatic hydroxyl groups is 1. The highest BCUT2D eigenvalue weighted by Gasteiger charge is 2.18. The number of rotatable bonds is 2. The van der Waals surface area contributed by atoms with E-state index < -0.39 is 0 Å². The molecule has 0 aliphatic rings. The van der Waals surface area contributed by atoms with E-state index in [4.69, 9.17) is 4.98 Å². The average Bonchev–Trinajstić information content (AvgIpc) is 3.06. The summed E-state index contributed by atoms with van der Waals surface area (Å²) in [6, 6.07) is 20.2. The van der Waals surface area contributed by atoms with Gasteiger partial charge < -0.3 is 5.11 Å². The average molecular weight is 393 g/mol. The van der Waals surface area contributed by atoms with Gasteiger partial charge in [0.15, 0.2) is 0 Å². The summed E-state index contributed by atoms with van der Waals surface area (Å²) in [5, 5.41) is 12.4. The molecule has 0 saturated carbocycles. The number of hydrogen-bond acceptors (Lipinski definition) is 3. The van der Waals surface area contributed by atoms with Gasteiger partial charge in [-0.05, 0) is 65.1 Å². The van der Waals surface area contributed by atoms with Gasteiger partial charge in [0, 0.05) is 41.0 Å². The molecule has 4 nitrogen and oxygen atoms in total. The van der Waals surface area contributed by atoms with Gasteiger partial charge in [0.1, 0.15) is 11.6 Å². The standard InChI is InChI=1S/C26H23N3O/c1-26(2,3)19-5-8-23-22(14-19)21-7-6-20(30)15-24(21)29(23)25-9-4-18(16-28-25)17-10-12-27-13-11-17/h4-16,30H,1-3H3. The van der Waals surface area contributed by atoms with Crippen LogP contribution in [0.1, 0.15) is 26.3 Å². The highest BCUT2D eigenvalue weighted by Crippen LogP contribution is 2.36. The Labute approximate surface area is 175 Å². The molecule has 0 atom stereocenters. The van der Waals surface area contributed by atoms with Gasteiger partial charge in [-0.15, -0.1) is 0 Å². The highest BCUT2D eigenvalue weighted by molar-refractivity contribution is 6.09. The van der Waals surface area contributed by atoms with Crippen LogP contribution in [0.25, 0.3) is 38.8 Å². The summed E-state index contributed by atoms with van der Waals surface area (Å²) in [4.78, 5) is 8.84. The number of pyridine rings is 2. The van der Waals surface area contributed by atoms with Gasteiger partial charge in [-0.25, -0.2) is 4.98 Å². The normalized spacial score (nSPS) is 12.0. The van der Waals surface area contributed by atoms with E-state index in [1.54, 1.807) is 18.5 Å². The molecule has 4 heteroatoms. The van der Waals surface area contributed by atoms with E-state index in [-0.39, 0.29) is 11.2 Å². The summed E-state index contributed by atoms with van der Waals surface area (Å²) in [6.45, 7) is 6.66. The molecule has 0 aliphatic carbocycles. The lowest BCUT2D eigenvalue weighted by molar-refractivity contribution is 0.476. The van der Waals surface area contributed by atoms with E-state index in [1.165, 1.54) is 5.56 Å². The molecule has 0 unspecified atom stereocenters. The summed E-state index contributed by atoms with van der Waals surface area (Å²) in [5.41, 5.74) is 5.49. The number of fused-ring (bicyclic) bond motifs is 3. The number of benzene rings is 2. The van der Waals surface area contributed by atoms with Gasteiger partial charge in [-0.1, -0.05) is 26.8 Å². The van der Waals surface area contributed by atoms with Crippen molar-refractivity contribution in [1.29, 1.82) is 0 Å². The third kappa shape index (κ3) is 3.01. The van der Waals surface area contributed by atoms with Crippen molar-refractivity contribution in [2.45, 2.75) is 26.2 Å². The quantitative estimate of drug-likeness (QED) is 0.386. The summed E-state index contributed by atoms with van der Waals surface area (Å²) in [6.07, 6.45) is 5.45. The minimum atomic E-state index is 0.0595. The Hall–Kier alpha value is -3.66. The minimum absolute atomic E-state index is 0.0595. The topological polar surface area (TPSA) is 50.9 Å². The smallest absolute Gasteiger partial charge is 0.137 e. The zero-order chi connectivity index (χ0) is 20.9. The van der Waals surface area contributed by atoms with Gasteiger partial charge >= 0.3 is 0 Å². The Morgan fingerprint density at radius 1 is 0.767 bits per heavy atom. The lowest BCUT2D eigenvalue weighted by Crippen LogP contribution is -2.10. The van der Waals surface area contributed by atoms with Crippen molar-refractivity contribution in [2.24, 2.45) is 0 Å². The van der Waals surface area contributed by atoms with Crippen molar-refractivity contribution in [3.8, 4) is 22.7 Å². The van der Waals surface area contributed by atoms with Crippen LogP contribution in [0.15, 0.2) is 79.3 Å². The molecular formula is C26H23N3O. The Morgan fingerprint density at radius 3 is 2.27 bits per heavy atom. The molecule has 30 heavy (non-hydrogen) atoms. The van der Waals surface area contributed by atoms with E-state index in [0.29, 0.717) is 0 Å². The molecular weight excluding hydrogens is 370 g/mol. The first kappa shape index (κ1) is 18.4. The molecule has 3 heterocycles. The molecule has 148 valence electrons. The first-order valence-corrected chi connectivity index (χ1v) is 10.1. The predicted octanol–water partition coefficient (Wildman–Crippen LogP) is 6.24. The first-order chi connectivity index (χ1) is 14.4. The monoisotopic (exact) mass is 393 g/mol. The van der Waals surface area contributed by atoms with Crippen LogP contribution in [0.5, 0.6) is 5.75 Å². The molecule has 0 spiro atoms. The Morgan fingerprint density at radius 2 is 1.57 bits per heavy atom. The van der Waals surface area contributed by atoms with Crippen molar-refractivity contribution in [2.75, 3.05) is 0 Å². The van der Waals surface area contributed by atoms with Crippen molar-refractivity contribution in [3.05, 3.63) is 84.8 Å². The largest absolute Gasteiger partial charge is 0.508 e. The number of aromatic nitrogens is 3. The molecule has 0 bridgehead atoms. The number of phenolic OH excluding ortho intramolecular Hbond substituents is 1. The van der Waals surface area contributed by atoms with E-state index in [2.05, 4.69) is 54.6 Å². The second-order valence-electron chi connectivity index (χ2n) is 8.66. The Balaban J connectivity index is 1.74. The third-order valence-electron chi connectivity index (χ3n) is 5.61. The molecule has 5 aromatic rings. The molecule has 5 rings (SSSR count). The maximum Gasteiger partial charge on any atom is 0.137 e. The van der Waals surface area contributed by atoms with Gasteiger partial charge in [0.05, 0.1) is 11.0 Å². The fourth-order valence-electron chi connectivity index (χ4n) is 3.96. The van der Waals surface area contributed by atoms with Crippen molar-refractivity contribution < 1.29 is 5.11 Å². The zero-order valence-electron chi connectivity index (χ0n) is 17.3. The van der Waals surface area contributed by atoms with Crippen LogP contribution in [0.2, 0.25) is 0 Å². The molecule has 0 radical (unpaired) electrons. The number of hydrogen-bond donors (Lipinski definition) is 1. The molecule has 0 fully saturated rings. The lowest BCUT2D eigenvalue weighted by atomic mass is 9.86. The first-order valence-electron chi connectivity index (χ1n) is 10.1. The fourth-order valence-corrected chi connectivity index (χ4v) is 3.96. The van der Waals surface area contributed by atoms with Gasteiger partial charge in [-0.3, -0.25) is 9.55 Å². The van der Waals surface area contributed by atoms with Crippen LogP contribution in [0.3, 0.4) is 0 Å². The van der Waals surface area contributed by atoms with Crippen LogP contribution >= 0.6 is 0 Å². The van der Waals surface area contributed by atoms with Crippen LogP contribution in [0, 0.1) is 0 Å². The van der Waals surface area contributed by atoms with Gasteiger partial charge in [-0.2, -0.15) is 0 Å². The van der Waals surface area contributed by atoms with Crippen molar-refractivity contribution in [3.63, 3.8) is 0 Å². The van der Waals surface area contributed by atoms with Crippen molar-refractivity contribution >= 4 is 21.8 Å². The van der Waals surface area contributed by atoms with Crippen LogP contribution < -0.4 is 0 Å². The van der Waals surface area contributed by atoms with E-state index in [0.717, 1.165) is 38.8 Å². The molecule has 1 N–H and O–H groups in total. The zero-order valence-corrected chi connectivity index (χ0v) is 17.3. The van der Waals surface area contributed by atoms with Gasteiger partial charge in [0.25, 0.3) is 0 Å². The van der Waals surface area contributed by atoms with Crippen LogP contribution in [-0.4, -0.2) is 19.6 Å². The molecule has 0 saturated heterocycles. The SMILES string of the molecule is CC(C)(C)c1ccc2c(c1)c1ccc(O)cc1n2-c1ccc(-c2ccncc2)cn1.